The van der Waals surface area contributed by atoms with E-state index in [9.17, 15) is 9.59 Å². The zero-order chi connectivity index (χ0) is 15.2. The first-order chi connectivity index (χ1) is 10.1. The third-order valence-corrected chi connectivity index (χ3v) is 4.20. The molecule has 2 rings (SSSR count). The van der Waals surface area contributed by atoms with Gasteiger partial charge in [-0.15, -0.1) is 0 Å². The lowest BCUT2D eigenvalue weighted by atomic mass is 10.0. The summed E-state index contributed by atoms with van der Waals surface area (Å²) in [5.41, 5.74) is 0.866. The van der Waals surface area contributed by atoms with E-state index in [1.54, 1.807) is 6.07 Å². The van der Waals surface area contributed by atoms with Crippen LogP contribution in [0.3, 0.4) is 0 Å². The van der Waals surface area contributed by atoms with Crippen molar-refractivity contribution in [3.63, 3.8) is 0 Å². The molecule has 4 nitrogen and oxygen atoms in total. The SMILES string of the molecule is CCC(=O)NC1CCN(C(=O)Cc2ccccc2Cl)CC1. The Morgan fingerprint density at radius 1 is 1.29 bits per heavy atom. The smallest absolute Gasteiger partial charge is 0.227 e. The van der Waals surface area contributed by atoms with Gasteiger partial charge < -0.3 is 10.2 Å². The Kier molecular flexibility index (Phi) is 5.62. The van der Waals surface area contributed by atoms with Crippen molar-refractivity contribution in [3.05, 3.63) is 34.9 Å². The molecule has 1 aromatic carbocycles. The van der Waals surface area contributed by atoms with E-state index in [1.807, 2.05) is 30.0 Å². The molecule has 1 fully saturated rings. The molecule has 0 aliphatic carbocycles. The fraction of sp³-hybridized carbons (Fsp3) is 0.500. The van der Waals surface area contributed by atoms with Crippen LogP contribution < -0.4 is 5.32 Å². The van der Waals surface area contributed by atoms with E-state index in [2.05, 4.69) is 5.32 Å². The molecule has 1 aliphatic rings. The molecule has 0 bridgehead atoms. The highest BCUT2D eigenvalue weighted by atomic mass is 35.5. The molecule has 0 saturated carbocycles. The van der Waals surface area contributed by atoms with Crippen molar-refractivity contribution in [2.45, 2.75) is 38.6 Å². The van der Waals surface area contributed by atoms with Crippen molar-refractivity contribution in [2.75, 3.05) is 13.1 Å². The lowest BCUT2D eigenvalue weighted by Crippen LogP contribution is -2.46. The number of halogens is 1. The van der Waals surface area contributed by atoms with Crippen LogP contribution in [-0.4, -0.2) is 35.8 Å². The molecule has 1 aliphatic heterocycles. The van der Waals surface area contributed by atoms with Crippen LogP contribution in [0, 0.1) is 0 Å². The molecule has 2 amide bonds. The molecule has 1 N–H and O–H groups in total. The predicted molar refractivity (Wildman–Crippen MR) is 83.2 cm³/mol. The molecular weight excluding hydrogens is 288 g/mol. The van der Waals surface area contributed by atoms with Crippen LogP contribution in [0.5, 0.6) is 0 Å². The van der Waals surface area contributed by atoms with E-state index in [-0.39, 0.29) is 17.9 Å². The number of piperidine rings is 1. The molecule has 0 unspecified atom stereocenters. The molecule has 1 saturated heterocycles. The Balaban J connectivity index is 1.83. The first kappa shape index (κ1) is 15.8. The molecule has 0 spiro atoms. The number of benzene rings is 1. The molecule has 114 valence electrons. The summed E-state index contributed by atoms with van der Waals surface area (Å²) >= 11 is 6.09. The van der Waals surface area contributed by atoms with Gasteiger partial charge in [-0.2, -0.15) is 0 Å². The van der Waals surface area contributed by atoms with E-state index in [1.165, 1.54) is 0 Å². The fourth-order valence-corrected chi connectivity index (χ4v) is 2.72. The highest BCUT2D eigenvalue weighted by molar-refractivity contribution is 6.31. The predicted octanol–water partition coefficient (Wildman–Crippen LogP) is 2.40. The zero-order valence-corrected chi connectivity index (χ0v) is 13.0. The second-order valence-corrected chi connectivity index (χ2v) is 5.75. The van der Waals surface area contributed by atoms with E-state index in [0.717, 1.165) is 18.4 Å². The Morgan fingerprint density at radius 2 is 1.95 bits per heavy atom. The number of amides is 2. The van der Waals surface area contributed by atoms with E-state index in [0.29, 0.717) is 31.0 Å². The second-order valence-electron chi connectivity index (χ2n) is 5.34. The maximum atomic E-state index is 12.3. The van der Waals surface area contributed by atoms with Gasteiger partial charge in [-0.1, -0.05) is 36.7 Å². The summed E-state index contributed by atoms with van der Waals surface area (Å²) in [5.74, 6) is 0.180. The maximum Gasteiger partial charge on any atom is 0.227 e. The molecule has 21 heavy (non-hydrogen) atoms. The average molecular weight is 309 g/mol. The Morgan fingerprint density at radius 3 is 2.57 bits per heavy atom. The topological polar surface area (TPSA) is 49.4 Å². The lowest BCUT2D eigenvalue weighted by Gasteiger charge is -2.32. The van der Waals surface area contributed by atoms with Crippen LogP contribution in [0.25, 0.3) is 0 Å². The Bertz CT molecular complexity index is 511. The number of likely N-dealkylation sites (tertiary alicyclic amines) is 1. The first-order valence-corrected chi connectivity index (χ1v) is 7.78. The van der Waals surface area contributed by atoms with Crippen LogP contribution in [-0.2, 0) is 16.0 Å². The van der Waals surface area contributed by atoms with Gasteiger partial charge in [-0.05, 0) is 24.5 Å². The molecule has 0 aromatic heterocycles. The first-order valence-electron chi connectivity index (χ1n) is 7.40. The van der Waals surface area contributed by atoms with Crippen LogP contribution in [0.1, 0.15) is 31.7 Å². The summed E-state index contributed by atoms with van der Waals surface area (Å²) in [7, 11) is 0. The minimum absolute atomic E-state index is 0.0795. The van der Waals surface area contributed by atoms with Crippen molar-refractivity contribution in [1.29, 1.82) is 0 Å². The standard InChI is InChI=1S/C16H21ClN2O2/c1-2-15(20)18-13-7-9-19(10-8-13)16(21)11-12-5-3-4-6-14(12)17/h3-6,13H,2,7-11H2,1H3,(H,18,20). The van der Waals surface area contributed by atoms with E-state index in [4.69, 9.17) is 11.6 Å². The Hall–Kier alpha value is -1.55. The van der Waals surface area contributed by atoms with E-state index < -0.39 is 0 Å². The van der Waals surface area contributed by atoms with Crippen molar-refractivity contribution in [3.8, 4) is 0 Å². The minimum atomic E-state index is 0.0795. The zero-order valence-electron chi connectivity index (χ0n) is 12.3. The van der Waals surface area contributed by atoms with Crippen LogP contribution in [0.15, 0.2) is 24.3 Å². The highest BCUT2D eigenvalue weighted by Gasteiger charge is 2.23. The number of nitrogens with one attached hydrogen (secondary N) is 1. The molecule has 0 atom stereocenters. The fourth-order valence-electron chi connectivity index (χ4n) is 2.52. The molecular formula is C16H21ClN2O2. The van der Waals surface area contributed by atoms with Gasteiger partial charge in [-0.3, -0.25) is 9.59 Å². The van der Waals surface area contributed by atoms with Crippen molar-refractivity contribution in [1.82, 2.24) is 10.2 Å². The summed E-state index contributed by atoms with van der Waals surface area (Å²) in [5, 5.41) is 3.62. The van der Waals surface area contributed by atoms with Gasteiger partial charge in [0.1, 0.15) is 0 Å². The van der Waals surface area contributed by atoms with Gasteiger partial charge in [0.05, 0.1) is 6.42 Å². The lowest BCUT2D eigenvalue weighted by molar-refractivity contribution is -0.131. The van der Waals surface area contributed by atoms with Crippen molar-refractivity contribution in [2.24, 2.45) is 0 Å². The molecule has 1 heterocycles. The normalized spacial score (nSPS) is 15.8. The third kappa shape index (κ3) is 4.46. The Labute approximate surface area is 130 Å². The van der Waals surface area contributed by atoms with Gasteiger partial charge in [0.15, 0.2) is 0 Å². The number of hydrogen-bond donors (Lipinski definition) is 1. The van der Waals surface area contributed by atoms with Crippen LogP contribution >= 0.6 is 11.6 Å². The van der Waals surface area contributed by atoms with E-state index >= 15 is 0 Å². The van der Waals surface area contributed by atoms with Crippen LogP contribution in [0.4, 0.5) is 0 Å². The van der Waals surface area contributed by atoms with Gasteiger partial charge in [-0.25, -0.2) is 0 Å². The van der Waals surface area contributed by atoms with Gasteiger partial charge >= 0.3 is 0 Å². The largest absolute Gasteiger partial charge is 0.353 e. The summed E-state index contributed by atoms with van der Waals surface area (Å²) in [6.07, 6.45) is 2.48. The number of rotatable bonds is 4. The monoisotopic (exact) mass is 308 g/mol. The number of hydrogen-bond acceptors (Lipinski definition) is 2. The number of carbonyl (C=O) groups excluding carboxylic acids is 2. The van der Waals surface area contributed by atoms with Crippen molar-refractivity contribution < 1.29 is 9.59 Å². The average Bonchev–Trinajstić information content (AvgIpc) is 2.50. The third-order valence-electron chi connectivity index (χ3n) is 3.83. The van der Waals surface area contributed by atoms with Gasteiger partial charge in [0.2, 0.25) is 11.8 Å². The molecule has 5 heteroatoms. The molecule has 0 radical (unpaired) electrons. The summed E-state index contributed by atoms with van der Waals surface area (Å²) in [4.78, 5) is 25.5. The molecule has 1 aromatic rings. The van der Waals surface area contributed by atoms with Gasteiger partial charge in [0.25, 0.3) is 0 Å². The highest BCUT2D eigenvalue weighted by Crippen LogP contribution is 2.18. The minimum Gasteiger partial charge on any atom is -0.353 e. The number of carbonyl (C=O) groups is 2. The summed E-state index contributed by atoms with van der Waals surface area (Å²) < 4.78 is 0. The quantitative estimate of drug-likeness (QED) is 0.928. The van der Waals surface area contributed by atoms with Crippen molar-refractivity contribution >= 4 is 23.4 Å². The summed E-state index contributed by atoms with van der Waals surface area (Å²) in [6.45, 7) is 3.23. The summed E-state index contributed by atoms with van der Waals surface area (Å²) in [6, 6.07) is 7.63. The second kappa shape index (κ2) is 7.46. The number of nitrogens with zero attached hydrogens (tertiary/aromatic N) is 1. The van der Waals surface area contributed by atoms with Gasteiger partial charge in [0, 0.05) is 30.6 Å². The van der Waals surface area contributed by atoms with Crippen LogP contribution in [0.2, 0.25) is 5.02 Å². The maximum absolute atomic E-state index is 12.3.